The summed E-state index contributed by atoms with van der Waals surface area (Å²) >= 11 is 0. The molecule has 4 heterocycles. The van der Waals surface area contributed by atoms with Gasteiger partial charge in [0.15, 0.2) is 0 Å². The first-order valence-electron chi connectivity index (χ1n) is 7.98. The Bertz CT molecular complexity index is 953. The normalized spacial score (nSPS) is 19.6. The van der Waals surface area contributed by atoms with Gasteiger partial charge in [0.25, 0.3) is 0 Å². The topological polar surface area (TPSA) is 79.0 Å². The molecular formula is C17H18N4O2S. The zero-order valence-corrected chi connectivity index (χ0v) is 13.9. The van der Waals surface area contributed by atoms with E-state index in [1.165, 1.54) is 6.20 Å². The predicted octanol–water partition coefficient (Wildman–Crippen LogP) is 2.53. The largest absolute Gasteiger partial charge is 0.346 e. The number of rotatable bonds is 3. The van der Waals surface area contributed by atoms with E-state index in [1.54, 1.807) is 28.8 Å². The van der Waals surface area contributed by atoms with Gasteiger partial charge in [0.05, 0.1) is 0 Å². The zero-order chi connectivity index (χ0) is 16.6. The van der Waals surface area contributed by atoms with Gasteiger partial charge in [-0.1, -0.05) is 0 Å². The smallest absolute Gasteiger partial charge is 0.244 e. The molecule has 1 unspecified atom stereocenters. The standard InChI is InChI=1S/C17H18N4O2S/c22-24(23,14-5-1-7-18-10-14)21-9-3-4-13(12-21)16-11-20-17-15(16)6-2-8-19-17/h1-2,5-8,10-11,13H,3-4,9,12H2,(H,19,20). The number of hydrogen-bond donors (Lipinski definition) is 1. The number of pyridine rings is 2. The third-order valence-corrected chi connectivity index (χ3v) is 6.43. The van der Waals surface area contributed by atoms with Crippen molar-refractivity contribution in [1.82, 2.24) is 19.3 Å². The van der Waals surface area contributed by atoms with Crippen molar-refractivity contribution < 1.29 is 8.42 Å². The Labute approximate surface area is 140 Å². The van der Waals surface area contributed by atoms with Crippen molar-refractivity contribution in [3.8, 4) is 0 Å². The molecule has 0 bridgehead atoms. The monoisotopic (exact) mass is 342 g/mol. The van der Waals surface area contributed by atoms with Crippen molar-refractivity contribution in [3.05, 3.63) is 54.6 Å². The Morgan fingerprint density at radius 3 is 2.92 bits per heavy atom. The predicted molar refractivity (Wildman–Crippen MR) is 91.1 cm³/mol. The van der Waals surface area contributed by atoms with E-state index in [0.717, 1.165) is 29.4 Å². The lowest BCUT2D eigenvalue weighted by atomic mass is 9.92. The maximum atomic E-state index is 12.8. The lowest BCUT2D eigenvalue weighted by molar-refractivity contribution is 0.316. The zero-order valence-electron chi connectivity index (χ0n) is 13.1. The number of aromatic nitrogens is 3. The second-order valence-corrected chi connectivity index (χ2v) is 7.97. The van der Waals surface area contributed by atoms with Gasteiger partial charge in [-0.2, -0.15) is 4.31 Å². The quantitative estimate of drug-likeness (QED) is 0.793. The molecule has 1 aliphatic heterocycles. The minimum atomic E-state index is -3.49. The average molecular weight is 342 g/mol. The van der Waals surface area contributed by atoms with Crippen molar-refractivity contribution in [3.63, 3.8) is 0 Å². The first kappa shape index (κ1) is 15.3. The Morgan fingerprint density at radius 2 is 2.08 bits per heavy atom. The number of sulfonamides is 1. The van der Waals surface area contributed by atoms with Crippen molar-refractivity contribution in [2.45, 2.75) is 23.7 Å². The molecule has 24 heavy (non-hydrogen) atoms. The molecule has 1 saturated heterocycles. The number of piperidine rings is 1. The number of nitrogens with one attached hydrogen (secondary N) is 1. The van der Waals surface area contributed by atoms with Crippen molar-refractivity contribution in [1.29, 1.82) is 0 Å². The molecule has 0 aromatic carbocycles. The van der Waals surface area contributed by atoms with Crippen molar-refractivity contribution in [2.75, 3.05) is 13.1 Å². The van der Waals surface area contributed by atoms with E-state index in [1.807, 2.05) is 18.3 Å². The van der Waals surface area contributed by atoms with E-state index < -0.39 is 10.0 Å². The van der Waals surface area contributed by atoms with E-state index in [0.29, 0.717) is 13.1 Å². The molecule has 3 aromatic rings. The molecule has 0 aliphatic carbocycles. The third kappa shape index (κ3) is 2.59. The van der Waals surface area contributed by atoms with Gasteiger partial charge < -0.3 is 4.98 Å². The van der Waals surface area contributed by atoms with Crippen molar-refractivity contribution >= 4 is 21.1 Å². The number of nitrogens with zero attached hydrogens (tertiary/aromatic N) is 3. The number of fused-ring (bicyclic) bond motifs is 1. The van der Waals surface area contributed by atoms with Crippen molar-refractivity contribution in [2.24, 2.45) is 0 Å². The van der Waals surface area contributed by atoms with Crippen LogP contribution in [0.25, 0.3) is 11.0 Å². The van der Waals surface area contributed by atoms with Crippen LogP contribution in [0.2, 0.25) is 0 Å². The van der Waals surface area contributed by atoms with Crippen LogP contribution in [0.4, 0.5) is 0 Å². The van der Waals surface area contributed by atoms with Crippen LogP contribution in [0.3, 0.4) is 0 Å². The molecule has 1 fully saturated rings. The molecule has 124 valence electrons. The van der Waals surface area contributed by atoms with E-state index in [-0.39, 0.29) is 10.8 Å². The van der Waals surface area contributed by atoms with Crippen LogP contribution in [-0.2, 0) is 10.0 Å². The maximum absolute atomic E-state index is 12.8. The fourth-order valence-corrected chi connectivity index (χ4v) is 4.87. The highest BCUT2D eigenvalue weighted by Gasteiger charge is 2.31. The second-order valence-electron chi connectivity index (χ2n) is 6.03. The fraction of sp³-hybridized carbons (Fsp3) is 0.294. The van der Waals surface area contributed by atoms with Gasteiger partial charge in [-0.15, -0.1) is 0 Å². The van der Waals surface area contributed by atoms with E-state index in [9.17, 15) is 8.42 Å². The van der Waals surface area contributed by atoms with Gasteiger partial charge in [0.1, 0.15) is 10.5 Å². The molecule has 0 saturated carbocycles. The molecule has 3 aromatic heterocycles. The highest BCUT2D eigenvalue weighted by molar-refractivity contribution is 7.89. The van der Waals surface area contributed by atoms with Gasteiger partial charge in [0, 0.05) is 43.3 Å². The highest BCUT2D eigenvalue weighted by atomic mass is 32.2. The van der Waals surface area contributed by atoms with Crippen LogP contribution in [0.5, 0.6) is 0 Å². The lowest BCUT2D eigenvalue weighted by Gasteiger charge is -2.31. The minimum Gasteiger partial charge on any atom is -0.346 e. The van der Waals surface area contributed by atoms with E-state index in [4.69, 9.17) is 0 Å². The van der Waals surface area contributed by atoms with E-state index >= 15 is 0 Å². The summed E-state index contributed by atoms with van der Waals surface area (Å²) in [4.78, 5) is 11.7. The minimum absolute atomic E-state index is 0.170. The van der Waals surface area contributed by atoms with Gasteiger partial charge in [-0.05, 0) is 48.6 Å². The molecule has 0 amide bonds. The fourth-order valence-electron chi connectivity index (χ4n) is 3.38. The van der Waals surface area contributed by atoms with Crippen LogP contribution in [-0.4, -0.2) is 40.8 Å². The van der Waals surface area contributed by atoms with E-state index in [2.05, 4.69) is 15.0 Å². The van der Waals surface area contributed by atoms with Crippen LogP contribution in [0.15, 0.2) is 53.9 Å². The summed E-state index contributed by atoms with van der Waals surface area (Å²) in [5, 5.41) is 1.07. The lowest BCUT2D eigenvalue weighted by Crippen LogP contribution is -2.39. The summed E-state index contributed by atoms with van der Waals surface area (Å²) in [6, 6.07) is 7.19. The van der Waals surface area contributed by atoms with Gasteiger partial charge in [-0.25, -0.2) is 13.4 Å². The number of hydrogen-bond acceptors (Lipinski definition) is 4. The van der Waals surface area contributed by atoms with Crippen LogP contribution in [0.1, 0.15) is 24.3 Å². The number of H-pyrrole nitrogens is 1. The van der Waals surface area contributed by atoms with Gasteiger partial charge >= 0.3 is 0 Å². The summed E-state index contributed by atoms with van der Waals surface area (Å²) in [5.41, 5.74) is 1.99. The summed E-state index contributed by atoms with van der Waals surface area (Å²) < 4.78 is 27.2. The average Bonchev–Trinajstić information content (AvgIpc) is 3.07. The molecule has 7 heteroatoms. The molecule has 1 aliphatic rings. The molecule has 0 radical (unpaired) electrons. The molecule has 4 rings (SSSR count). The molecule has 1 atom stereocenters. The van der Waals surface area contributed by atoms with Crippen LogP contribution in [0, 0.1) is 0 Å². The van der Waals surface area contributed by atoms with Crippen LogP contribution >= 0.6 is 0 Å². The molecule has 1 N–H and O–H groups in total. The Morgan fingerprint density at radius 1 is 1.21 bits per heavy atom. The summed E-state index contributed by atoms with van der Waals surface area (Å²) in [6.45, 7) is 1.04. The molecular weight excluding hydrogens is 324 g/mol. The Balaban J connectivity index is 1.65. The maximum Gasteiger partial charge on any atom is 0.244 e. The number of aromatic amines is 1. The summed E-state index contributed by atoms with van der Waals surface area (Å²) in [5.74, 6) is 0.170. The molecule has 0 spiro atoms. The summed E-state index contributed by atoms with van der Waals surface area (Å²) in [7, 11) is -3.49. The Kier molecular flexibility index (Phi) is 3.82. The van der Waals surface area contributed by atoms with Crippen LogP contribution < -0.4 is 0 Å². The molecule has 6 nitrogen and oxygen atoms in total. The van der Waals surface area contributed by atoms with Gasteiger partial charge in [0.2, 0.25) is 10.0 Å². The SMILES string of the molecule is O=S(=O)(c1cccnc1)N1CCCC(c2c[nH]c3ncccc23)C1. The summed E-state index contributed by atoms with van der Waals surface area (Å²) in [6.07, 6.45) is 8.52. The van der Waals surface area contributed by atoms with Gasteiger partial charge in [-0.3, -0.25) is 4.98 Å². The second kappa shape index (κ2) is 5.99. The first-order chi connectivity index (χ1) is 11.7. The Hall–Kier alpha value is -2.25. The third-order valence-electron chi connectivity index (χ3n) is 4.58. The first-order valence-corrected chi connectivity index (χ1v) is 9.42. The highest BCUT2D eigenvalue weighted by Crippen LogP contribution is 2.33.